The molecule has 36 heavy (non-hydrogen) atoms. The number of nitrogens with one attached hydrogen (secondary N) is 1. The number of amides is 3. The Hall–Kier alpha value is -3.19. The van der Waals surface area contributed by atoms with E-state index in [1.165, 1.54) is 12.7 Å². The van der Waals surface area contributed by atoms with Gasteiger partial charge < -0.3 is 24.6 Å². The van der Waals surface area contributed by atoms with Crippen molar-refractivity contribution >= 4 is 35.3 Å². The van der Waals surface area contributed by atoms with Crippen LogP contribution in [0.25, 0.3) is 6.08 Å². The van der Waals surface area contributed by atoms with Crippen molar-refractivity contribution in [2.75, 3.05) is 45.7 Å². The number of hydrogen-bond acceptors (Lipinski definition) is 4. The maximum absolute atomic E-state index is 12.9. The zero-order valence-corrected chi connectivity index (χ0v) is 22.2. The van der Waals surface area contributed by atoms with E-state index in [0.717, 1.165) is 37.1 Å². The number of benzene rings is 2. The van der Waals surface area contributed by atoms with Crippen LogP contribution in [0.4, 0.5) is 10.5 Å². The first-order chi connectivity index (χ1) is 17.2. The van der Waals surface area contributed by atoms with Gasteiger partial charge in [0.25, 0.3) is 0 Å². The van der Waals surface area contributed by atoms with Crippen molar-refractivity contribution in [2.24, 2.45) is 5.41 Å². The summed E-state index contributed by atoms with van der Waals surface area (Å²) < 4.78 is 10.6. The van der Waals surface area contributed by atoms with Crippen molar-refractivity contribution < 1.29 is 19.1 Å². The molecular weight excluding hydrogens is 478 g/mol. The van der Waals surface area contributed by atoms with Crippen LogP contribution in [-0.2, 0) is 4.79 Å². The maximum atomic E-state index is 12.9. The first-order valence-electron chi connectivity index (χ1n) is 12.3. The van der Waals surface area contributed by atoms with Crippen molar-refractivity contribution in [3.8, 4) is 11.5 Å². The Morgan fingerprint density at radius 2 is 1.69 bits per heavy atom. The standard InChI is InChI=1S/C28H34ClN3O4/c1-19-5-8-22(20(2)17-19)30-27(34)31-14-11-28(12-15-31)13-16-32(18-28)24(33)10-7-21-6-9-23(35-3)26(36-4)25(21)29/h5-10,17H,11-16,18H2,1-4H3,(H,30,34)/b10-7+. The summed E-state index contributed by atoms with van der Waals surface area (Å²) >= 11 is 6.44. The van der Waals surface area contributed by atoms with Gasteiger partial charge in [-0.15, -0.1) is 0 Å². The van der Waals surface area contributed by atoms with Crippen LogP contribution in [0.15, 0.2) is 36.4 Å². The normalized spacial score (nSPS) is 17.0. The Bertz CT molecular complexity index is 1170. The monoisotopic (exact) mass is 511 g/mol. The highest BCUT2D eigenvalue weighted by Crippen LogP contribution is 2.41. The SMILES string of the molecule is COc1ccc(/C=C/C(=O)N2CCC3(CCN(C(=O)Nc4ccc(C)cc4C)CC3)C2)c(Cl)c1OC. The first-order valence-corrected chi connectivity index (χ1v) is 12.6. The van der Waals surface area contributed by atoms with Crippen LogP contribution in [0.2, 0.25) is 5.02 Å². The Morgan fingerprint density at radius 3 is 2.33 bits per heavy atom. The number of anilines is 1. The van der Waals surface area contributed by atoms with E-state index in [9.17, 15) is 9.59 Å². The highest BCUT2D eigenvalue weighted by Gasteiger charge is 2.42. The lowest BCUT2D eigenvalue weighted by atomic mass is 9.78. The fraction of sp³-hybridized carbons (Fsp3) is 0.429. The molecule has 192 valence electrons. The summed E-state index contributed by atoms with van der Waals surface area (Å²) in [6, 6.07) is 9.54. The molecule has 1 N–H and O–H groups in total. The fourth-order valence-corrected chi connectivity index (χ4v) is 5.46. The van der Waals surface area contributed by atoms with Gasteiger partial charge in [0.05, 0.1) is 19.2 Å². The van der Waals surface area contributed by atoms with Crippen molar-refractivity contribution in [1.82, 2.24) is 9.80 Å². The number of urea groups is 1. The fourth-order valence-electron chi connectivity index (χ4n) is 5.16. The average molecular weight is 512 g/mol. The van der Waals surface area contributed by atoms with E-state index in [1.807, 2.05) is 35.8 Å². The quantitative estimate of drug-likeness (QED) is 0.535. The third-order valence-electron chi connectivity index (χ3n) is 7.41. The molecule has 1 spiro atoms. The van der Waals surface area contributed by atoms with E-state index in [1.54, 1.807) is 31.4 Å². The molecule has 2 aromatic carbocycles. The second-order valence-corrected chi connectivity index (χ2v) is 10.2. The van der Waals surface area contributed by atoms with Gasteiger partial charge in [-0.2, -0.15) is 0 Å². The minimum Gasteiger partial charge on any atom is -0.493 e. The van der Waals surface area contributed by atoms with E-state index in [2.05, 4.69) is 11.4 Å². The van der Waals surface area contributed by atoms with Gasteiger partial charge in [0.1, 0.15) is 0 Å². The molecule has 0 unspecified atom stereocenters. The minimum atomic E-state index is -0.0579. The summed E-state index contributed by atoms with van der Waals surface area (Å²) in [5.41, 5.74) is 3.85. The highest BCUT2D eigenvalue weighted by atomic mass is 35.5. The molecule has 0 bridgehead atoms. The third-order valence-corrected chi connectivity index (χ3v) is 7.80. The van der Waals surface area contributed by atoms with Crippen molar-refractivity contribution in [3.05, 3.63) is 58.1 Å². The Balaban J connectivity index is 1.32. The molecule has 3 amide bonds. The molecule has 2 aliphatic rings. The number of rotatable bonds is 5. The van der Waals surface area contributed by atoms with Crippen molar-refractivity contribution in [3.63, 3.8) is 0 Å². The molecule has 2 fully saturated rings. The molecule has 2 saturated heterocycles. The molecule has 0 aliphatic carbocycles. The number of nitrogens with zero attached hydrogens (tertiary/aromatic N) is 2. The predicted molar refractivity (Wildman–Crippen MR) is 143 cm³/mol. The molecular formula is C28H34ClN3O4. The highest BCUT2D eigenvalue weighted by molar-refractivity contribution is 6.33. The van der Waals surface area contributed by atoms with Crippen LogP contribution >= 0.6 is 11.6 Å². The van der Waals surface area contributed by atoms with Crippen molar-refractivity contribution in [2.45, 2.75) is 33.1 Å². The molecule has 8 heteroatoms. The van der Waals surface area contributed by atoms with Gasteiger partial charge >= 0.3 is 6.03 Å². The molecule has 4 rings (SSSR count). The number of aryl methyl sites for hydroxylation is 2. The van der Waals surface area contributed by atoms with Crippen molar-refractivity contribution in [1.29, 1.82) is 0 Å². The van der Waals surface area contributed by atoms with E-state index in [0.29, 0.717) is 41.7 Å². The van der Waals surface area contributed by atoms with Crippen LogP contribution in [0.5, 0.6) is 11.5 Å². The van der Waals surface area contributed by atoms with Gasteiger partial charge in [0.2, 0.25) is 5.91 Å². The average Bonchev–Trinajstić information content (AvgIpc) is 3.28. The van der Waals surface area contributed by atoms with Gasteiger partial charge in [-0.25, -0.2) is 4.79 Å². The molecule has 2 heterocycles. The number of methoxy groups -OCH3 is 2. The minimum absolute atomic E-state index is 0.0345. The van der Waals surface area contributed by atoms with Gasteiger partial charge in [-0.3, -0.25) is 4.79 Å². The molecule has 0 aromatic heterocycles. The van der Waals surface area contributed by atoms with E-state index >= 15 is 0 Å². The van der Waals surface area contributed by atoms with Crippen LogP contribution in [0, 0.1) is 19.3 Å². The number of carbonyl (C=O) groups is 2. The van der Waals surface area contributed by atoms with E-state index in [-0.39, 0.29) is 17.4 Å². The Kier molecular flexibility index (Phi) is 7.79. The summed E-state index contributed by atoms with van der Waals surface area (Å²) in [7, 11) is 3.09. The second-order valence-electron chi connectivity index (χ2n) is 9.78. The molecule has 2 aromatic rings. The molecule has 0 saturated carbocycles. The molecule has 0 atom stereocenters. The first kappa shape index (κ1) is 25.9. The zero-order chi connectivity index (χ0) is 25.9. The topological polar surface area (TPSA) is 71.1 Å². The Morgan fingerprint density at radius 1 is 1.00 bits per heavy atom. The zero-order valence-electron chi connectivity index (χ0n) is 21.4. The summed E-state index contributed by atoms with van der Waals surface area (Å²) in [4.78, 5) is 29.5. The van der Waals surface area contributed by atoms with Crippen LogP contribution in [-0.4, -0.2) is 62.1 Å². The summed E-state index contributed by atoms with van der Waals surface area (Å²) in [6.45, 7) is 6.86. The number of piperidine rings is 1. The number of ether oxygens (including phenoxy) is 2. The van der Waals surface area contributed by atoms with Gasteiger partial charge in [-0.05, 0) is 73.9 Å². The third kappa shape index (κ3) is 5.46. The predicted octanol–water partition coefficient (Wildman–Crippen LogP) is 5.53. The largest absolute Gasteiger partial charge is 0.493 e. The number of likely N-dealkylation sites (tertiary alicyclic amines) is 2. The summed E-state index contributed by atoms with van der Waals surface area (Å²) in [6.07, 6.45) is 6.02. The molecule has 7 nitrogen and oxygen atoms in total. The van der Waals surface area contributed by atoms with Gasteiger partial charge in [0, 0.05) is 37.9 Å². The summed E-state index contributed by atoms with van der Waals surface area (Å²) in [5.74, 6) is 0.955. The van der Waals surface area contributed by atoms with E-state index < -0.39 is 0 Å². The smallest absolute Gasteiger partial charge is 0.321 e. The number of carbonyl (C=O) groups excluding carboxylic acids is 2. The van der Waals surface area contributed by atoms with Crippen LogP contribution < -0.4 is 14.8 Å². The molecule has 0 radical (unpaired) electrons. The molecule has 2 aliphatic heterocycles. The van der Waals surface area contributed by atoms with E-state index in [4.69, 9.17) is 21.1 Å². The summed E-state index contributed by atoms with van der Waals surface area (Å²) in [5, 5.41) is 3.46. The number of hydrogen-bond donors (Lipinski definition) is 1. The van der Waals surface area contributed by atoms with Gasteiger partial charge in [0.15, 0.2) is 11.5 Å². The Labute approximate surface area is 218 Å². The van der Waals surface area contributed by atoms with Crippen LogP contribution in [0.3, 0.4) is 0 Å². The second kappa shape index (κ2) is 10.8. The lowest BCUT2D eigenvalue weighted by Crippen LogP contribution is -2.46. The lowest BCUT2D eigenvalue weighted by Gasteiger charge is -2.39. The maximum Gasteiger partial charge on any atom is 0.321 e. The number of halogens is 1. The lowest BCUT2D eigenvalue weighted by molar-refractivity contribution is -0.125. The van der Waals surface area contributed by atoms with Gasteiger partial charge in [-0.1, -0.05) is 29.3 Å². The van der Waals surface area contributed by atoms with Crippen LogP contribution in [0.1, 0.15) is 36.0 Å².